The second-order valence-corrected chi connectivity index (χ2v) is 7.58. The van der Waals surface area contributed by atoms with Gasteiger partial charge in [0.15, 0.2) is 0 Å². The maximum Gasteiger partial charge on any atom is 0.253 e. The second-order valence-electron chi connectivity index (χ2n) is 7.58. The van der Waals surface area contributed by atoms with Crippen molar-refractivity contribution in [3.63, 3.8) is 0 Å². The maximum absolute atomic E-state index is 12.5. The standard InChI is InChI=1S/C17H21N3O2/c18-15(22)16-5-11-4-12(6-16)8-17(7-11,10-16)20-14(21)13-2-1-3-19-9-13/h1-3,9,11-12H,4-8,10H2,(H2,18,22)(H,20,21). The summed E-state index contributed by atoms with van der Waals surface area (Å²) in [6.45, 7) is 0. The number of primary amides is 1. The van der Waals surface area contributed by atoms with Crippen molar-refractivity contribution in [2.45, 2.75) is 44.1 Å². The molecule has 1 aromatic rings. The minimum Gasteiger partial charge on any atom is -0.369 e. The van der Waals surface area contributed by atoms with Gasteiger partial charge in [-0.3, -0.25) is 14.6 Å². The van der Waals surface area contributed by atoms with Gasteiger partial charge in [-0.15, -0.1) is 0 Å². The molecule has 1 aromatic heterocycles. The van der Waals surface area contributed by atoms with Crippen LogP contribution in [0, 0.1) is 17.3 Å². The molecule has 0 radical (unpaired) electrons. The number of carbonyl (C=O) groups excluding carboxylic acids is 2. The monoisotopic (exact) mass is 299 g/mol. The van der Waals surface area contributed by atoms with Crippen LogP contribution >= 0.6 is 0 Å². The largest absolute Gasteiger partial charge is 0.369 e. The van der Waals surface area contributed by atoms with Crippen molar-refractivity contribution in [2.75, 3.05) is 0 Å². The third-order valence-electron chi connectivity index (χ3n) is 5.89. The highest BCUT2D eigenvalue weighted by molar-refractivity contribution is 5.94. The van der Waals surface area contributed by atoms with Crippen molar-refractivity contribution >= 4 is 11.8 Å². The summed E-state index contributed by atoms with van der Waals surface area (Å²) >= 11 is 0. The number of aromatic nitrogens is 1. The Kier molecular flexibility index (Phi) is 2.83. The van der Waals surface area contributed by atoms with Crippen LogP contribution in [-0.2, 0) is 4.79 Å². The van der Waals surface area contributed by atoms with E-state index >= 15 is 0 Å². The van der Waals surface area contributed by atoms with Gasteiger partial charge in [-0.25, -0.2) is 0 Å². The lowest BCUT2D eigenvalue weighted by Crippen LogP contribution is -2.65. The van der Waals surface area contributed by atoms with Gasteiger partial charge < -0.3 is 11.1 Å². The van der Waals surface area contributed by atoms with E-state index in [1.54, 1.807) is 24.5 Å². The van der Waals surface area contributed by atoms with Gasteiger partial charge in [-0.2, -0.15) is 0 Å². The lowest BCUT2D eigenvalue weighted by atomic mass is 9.46. The van der Waals surface area contributed by atoms with Crippen LogP contribution in [0.5, 0.6) is 0 Å². The molecule has 0 aliphatic heterocycles. The van der Waals surface area contributed by atoms with Crippen LogP contribution in [0.1, 0.15) is 48.9 Å². The Morgan fingerprint density at radius 3 is 2.55 bits per heavy atom. The molecule has 4 bridgehead atoms. The Bertz CT molecular complexity index is 614. The summed E-state index contributed by atoms with van der Waals surface area (Å²) in [6, 6.07) is 3.53. The Morgan fingerprint density at radius 1 is 1.23 bits per heavy atom. The topological polar surface area (TPSA) is 85.1 Å². The minimum absolute atomic E-state index is 0.0883. The molecule has 116 valence electrons. The van der Waals surface area contributed by atoms with E-state index in [4.69, 9.17) is 5.73 Å². The molecule has 2 unspecified atom stereocenters. The third-order valence-corrected chi connectivity index (χ3v) is 5.89. The molecule has 5 heteroatoms. The van der Waals surface area contributed by atoms with Crippen molar-refractivity contribution in [1.29, 1.82) is 0 Å². The van der Waals surface area contributed by atoms with Crippen molar-refractivity contribution < 1.29 is 9.59 Å². The molecule has 0 saturated heterocycles. The molecule has 4 aliphatic carbocycles. The molecule has 4 saturated carbocycles. The zero-order chi connectivity index (χ0) is 15.4. The van der Waals surface area contributed by atoms with Gasteiger partial charge in [0.05, 0.1) is 11.0 Å². The number of hydrogen-bond acceptors (Lipinski definition) is 3. The van der Waals surface area contributed by atoms with Crippen LogP contribution in [0.25, 0.3) is 0 Å². The molecule has 5 nitrogen and oxygen atoms in total. The summed E-state index contributed by atoms with van der Waals surface area (Å²) in [6.07, 6.45) is 8.89. The van der Waals surface area contributed by atoms with Crippen molar-refractivity contribution in [3.8, 4) is 0 Å². The van der Waals surface area contributed by atoms with Gasteiger partial charge in [0.25, 0.3) is 5.91 Å². The van der Waals surface area contributed by atoms with E-state index in [1.807, 2.05) is 0 Å². The van der Waals surface area contributed by atoms with Crippen LogP contribution in [0.2, 0.25) is 0 Å². The highest BCUT2D eigenvalue weighted by atomic mass is 16.2. The number of nitrogens with zero attached hydrogens (tertiary/aromatic N) is 1. The smallest absolute Gasteiger partial charge is 0.253 e. The second kappa shape index (κ2) is 4.54. The minimum atomic E-state index is -0.397. The van der Waals surface area contributed by atoms with Crippen LogP contribution in [0.4, 0.5) is 0 Å². The number of nitrogens with two attached hydrogens (primary N) is 1. The molecular formula is C17H21N3O2. The molecule has 4 aliphatic rings. The number of amides is 2. The lowest BCUT2D eigenvalue weighted by molar-refractivity contribution is -0.146. The fourth-order valence-corrected chi connectivity index (χ4v) is 5.51. The van der Waals surface area contributed by atoms with E-state index in [-0.39, 0.29) is 17.4 Å². The zero-order valence-electron chi connectivity index (χ0n) is 12.5. The average Bonchev–Trinajstić information content (AvgIpc) is 2.46. The van der Waals surface area contributed by atoms with E-state index in [2.05, 4.69) is 10.3 Å². The van der Waals surface area contributed by atoms with E-state index < -0.39 is 5.41 Å². The van der Waals surface area contributed by atoms with Gasteiger partial charge in [-0.1, -0.05) is 0 Å². The molecule has 2 atom stereocenters. The molecule has 5 rings (SSSR count). The van der Waals surface area contributed by atoms with Gasteiger partial charge in [0.2, 0.25) is 5.91 Å². The van der Waals surface area contributed by atoms with E-state index in [0.717, 1.165) is 25.7 Å². The number of rotatable bonds is 3. The van der Waals surface area contributed by atoms with Crippen molar-refractivity contribution in [2.24, 2.45) is 23.0 Å². The van der Waals surface area contributed by atoms with Gasteiger partial charge in [0, 0.05) is 17.9 Å². The molecule has 2 amide bonds. The van der Waals surface area contributed by atoms with E-state index in [9.17, 15) is 9.59 Å². The summed E-state index contributed by atoms with van der Waals surface area (Å²) in [5.41, 5.74) is 5.65. The first-order chi connectivity index (χ1) is 10.5. The fraction of sp³-hybridized carbons (Fsp3) is 0.588. The fourth-order valence-electron chi connectivity index (χ4n) is 5.51. The Morgan fingerprint density at radius 2 is 1.95 bits per heavy atom. The first-order valence-electron chi connectivity index (χ1n) is 8.03. The van der Waals surface area contributed by atoms with Crippen molar-refractivity contribution in [3.05, 3.63) is 30.1 Å². The quantitative estimate of drug-likeness (QED) is 0.889. The Labute approximate surface area is 129 Å². The third kappa shape index (κ3) is 2.02. The van der Waals surface area contributed by atoms with E-state index in [1.165, 1.54) is 6.42 Å². The summed E-state index contributed by atoms with van der Waals surface area (Å²) in [5.74, 6) is 0.766. The Balaban J connectivity index is 1.61. The predicted octanol–water partition coefficient (Wildman–Crippen LogP) is 1.64. The molecule has 0 spiro atoms. The lowest BCUT2D eigenvalue weighted by Gasteiger charge is -2.61. The summed E-state index contributed by atoms with van der Waals surface area (Å²) in [4.78, 5) is 28.6. The number of carbonyl (C=O) groups is 2. The number of nitrogens with one attached hydrogen (secondary N) is 1. The molecule has 3 N–H and O–H groups in total. The van der Waals surface area contributed by atoms with Crippen LogP contribution in [0.15, 0.2) is 24.5 Å². The molecule has 4 fully saturated rings. The van der Waals surface area contributed by atoms with Crippen LogP contribution in [0.3, 0.4) is 0 Å². The number of hydrogen-bond donors (Lipinski definition) is 2. The Hall–Kier alpha value is -1.91. The highest BCUT2D eigenvalue weighted by Crippen LogP contribution is 2.61. The van der Waals surface area contributed by atoms with Gasteiger partial charge in [-0.05, 0) is 62.5 Å². The molecule has 1 heterocycles. The summed E-state index contributed by atoms with van der Waals surface area (Å²) in [5, 5.41) is 3.23. The summed E-state index contributed by atoms with van der Waals surface area (Å²) < 4.78 is 0. The summed E-state index contributed by atoms with van der Waals surface area (Å²) in [7, 11) is 0. The van der Waals surface area contributed by atoms with Crippen LogP contribution in [-0.4, -0.2) is 22.3 Å². The first-order valence-corrected chi connectivity index (χ1v) is 8.03. The molecule has 22 heavy (non-hydrogen) atoms. The molecule has 0 aromatic carbocycles. The maximum atomic E-state index is 12.5. The predicted molar refractivity (Wildman–Crippen MR) is 80.7 cm³/mol. The van der Waals surface area contributed by atoms with Gasteiger partial charge >= 0.3 is 0 Å². The van der Waals surface area contributed by atoms with Crippen molar-refractivity contribution in [1.82, 2.24) is 10.3 Å². The zero-order valence-corrected chi connectivity index (χ0v) is 12.5. The van der Waals surface area contributed by atoms with Crippen LogP contribution < -0.4 is 11.1 Å². The molecular weight excluding hydrogens is 278 g/mol. The van der Waals surface area contributed by atoms with E-state index in [0.29, 0.717) is 23.8 Å². The highest BCUT2D eigenvalue weighted by Gasteiger charge is 2.60. The van der Waals surface area contributed by atoms with Gasteiger partial charge in [0.1, 0.15) is 0 Å². The average molecular weight is 299 g/mol. The number of pyridine rings is 1. The SMILES string of the molecule is NC(=O)C12CC3CC(CC(NC(=O)c4cccnc4)(C3)C1)C2. The first kappa shape index (κ1) is 13.7. The normalized spacial score (nSPS) is 38.7.